The second-order valence-corrected chi connectivity index (χ2v) is 12.6. The maximum atomic E-state index is 13.8. The Bertz CT molecular complexity index is 1210. The van der Waals surface area contributed by atoms with Gasteiger partial charge in [0.1, 0.15) is 18.7 Å². The maximum Gasteiger partial charge on any atom is 0.246 e. The van der Waals surface area contributed by atoms with Crippen LogP contribution in [0.5, 0.6) is 0 Å². The number of carbonyl (C=O) groups excluding carboxylic acids is 3. The molecule has 1 aliphatic rings. The van der Waals surface area contributed by atoms with E-state index in [-0.39, 0.29) is 38.1 Å². The van der Waals surface area contributed by atoms with E-state index in [1.807, 2.05) is 78.2 Å². The van der Waals surface area contributed by atoms with Crippen molar-refractivity contribution < 1.29 is 33.7 Å². The topological polar surface area (TPSA) is 139 Å². The Labute approximate surface area is 258 Å². The summed E-state index contributed by atoms with van der Waals surface area (Å²) in [6.07, 6.45) is -1.33. The molecule has 1 saturated heterocycles. The molecule has 0 radical (unpaired) electrons. The molecule has 2 unspecified atom stereocenters. The predicted octanol–water partition coefficient (Wildman–Crippen LogP) is 3.20. The lowest BCUT2D eigenvalue weighted by Gasteiger charge is -2.35. The standard InChI is InChI=1S/C31H46N4O7S/c1-8-41-26(42-9-2)17-40-16-25(37)34-28(31(5,6)7)30(39)35-15-23(36)14-24(35)29(38)33-19(3)21-10-12-22(13-11-21)27-20(4)32-18-43-27/h10-13,18-19,23-24,26,28,36H,8-9,14-17H2,1-7H3,(H,33,38)(H,34,37)/t19?,23-,24+,28?/m1/s1. The monoisotopic (exact) mass is 618 g/mol. The molecule has 2 heterocycles. The summed E-state index contributed by atoms with van der Waals surface area (Å²) in [4.78, 5) is 46.8. The normalized spacial score (nSPS) is 18.5. The van der Waals surface area contributed by atoms with Gasteiger partial charge in [0, 0.05) is 26.2 Å². The number of aryl methyl sites for hydroxylation is 1. The first-order valence-corrected chi connectivity index (χ1v) is 15.6. The van der Waals surface area contributed by atoms with Crippen LogP contribution in [-0.4, -0.2) is 90.2 Å². The summed E-state index contributed by atoms with van der Waals surface area (Å²) in [5, 5.41) is 16.3. The summed E-state index contributed by atoms with van der Waals surface area (Å²) in [5.74, 6) is -1.28. The lowest BCUT2D eigenvalue weighted by molar-refractivity contribution is -0.169. The van der Waals surface area contributed by atoms with Crippen LogP contribution in [0, 0.1) is 12.3 Å². The third kappa shape index (κ3) is 9.54. The van der Waals surface area contributed by atoms with Crippen LogP contribution in [0.3, 0.4) is 0 Å². The van der Waals surface area contributed by atoms with Crippen molar-refractivity contribution in [2.75, 3.05) is 33.0 Å². The molecule has 1 fully saturated rings. The van der Waals surface area contributed by atoms with Crippen molar-refractivity contribution in [3.8, 4) is 10.4 Å². The van der Waals surface area contributed by atoms with E-state index in [0.717, 1.165) is 21.7 Å². The molecule has 2 aromatic rings. The number of thiazole rings is 1. The van der Waals surface area contributed by atoms with Gasteiger partial charge in [-0.2, -0.15) is 0 Å². The van der Waals surface area contributed by atoms with Crippen molar-refractivity contribution in [1.82, 2.24) is 20.5 Å². The first-order valence-electron chi connectivity index (χ1n) is 14.7. The Balaban J connectivity index is 1.64. The Hall–Kier alpha value is -2.90. The molecule has 0 saturated carbocycles. The fourth-order valence-corrected chi connectivity index (χ4v) is 5.79. The number of β-amino-alcohol motifs (C(OH)–C–C–N with tert-alkyl or cyclic N) is 1. The van der Waals surface area contributed by atoms with Gasteiger partial charge in [-0.25, -0.2) is 4.98 Å². The summed E-state index contributed by atoms with van der Waals surface area (Å²) in [6.45, 7) is 13.7. The largest absolute Gasteiger partial charge is 0.391 e. The van der Waals surface area contributed by atoms with Gasteiger partial charge in [0.25, 0.3) is 0 Å². The van der Waals surface area contributed by atoms with E-state index in [0.29, 0.717) is 13.2 Å². The number of carbonyl (C=O) groups is 3. The molecule has 4 atom stereocenters. The van der Waals surface area contributed by atoms with Gasteiger partial charge in [0.15, 0.2) is 6.29 Å². The van der Waals surface area contributed by atoms with E-state index in [1.165, 1.54) is 4.90 Å². The van der Waals surface area contributed by atoms with Crippen molar-refractivity contribution in [2.45, 2.75) is 85.4 Å². The van der Waals surface area contributed by atoms with Crippen LogP contribution in [0.4, 0.5) is 0 Å². The number of aliphatic hydroxyl groups excluding tert-OH is 1. The number of benzene rings is 1. The minimum absolute atomic E-state index is 0.00244. The van der Waals surface area contributed by atoms with Crippen molar-refractivity contribution in [1.29, 1.82) is 0 Å². The van der Waals surface area contributed by atoms with Crippen LogP contribution in [-0.2, 0) is 28.6 Å². The van der Waals surface area contributed by atoms with E-state index >= 15 is 0 Å². The zero-order valence-corrected chi connectivity index (χ0v) is 27.0. The van der Waals surface area contributed by atoms with E-state index in [9.17, 15) is 19.5 Å². The average Bonchev–Trinajstić information content (AvgIpc) is 3.56. The van der Waals surface area contributed by atoms with Crippen LogP contribution >= 0.6 is 11.3 Å². The number of amides is 3. The molecule has 43 heavy (non-hydrogen) atoms. The average molecular weight is 619 g/mol. The number of hydrogen-bond acceptors (Lipinski definition) is 9. The summed E-state index contributed by atoms with van der Waals surface area (Å²) in [7, 11) is 0. The van der Waals surface area contributed by atoms with Crippen molar-refractivity contribution >= 4 is 29.1 Å². The Kier molecular flexibility index (Phi) is 12.6. The molecule has 1 aromatic heterocycles. The number of aliphatic hydroxyl groups is 1. The first kappa shape index (κ1) is 34.6. The number of nitrogens with one attached hydrogen (secondary N) is 2. The molecule has 3 N–H and O–H groups in total. The lowest BCUT2D eigenvalue weighted by Crippen LogP contribution is -2.58. The lowest BCUT2D eigenvalue weighted by atomic mass is 9.85. The molecular formula is C31H46N4O7S. The van der Waals surface area contributed by atoms with Gasteiger partial charge in [-0.1, -0.05) is 45.0 Å². The number of aromatic nitrogens is 1. The van der Waals surface area contributed by atoms with Crippen LogP contribution in [0.15, 0.2) is 29.8 Å². The molecule has 0 aliphatic carbocycles. The van der Waals surface area contributed by atoms with Gasteiger partial charge in [0.05, 0.1) is 34.8 Å². The minimum atomic E-state index is -0.945. The first-order chi connectivity index (χ1) is 20.3. The van der Waals surface area contributed by atoms with Gasteiger partial charge in [-0.05, 0) is 44.2 Å². The number of hydrogen-bond donors (Lipinski definition) is 3. The number of likely N-dealkylation sites (tertiary alicyclic amines) is 1. The van der Waals surface area contributed by atoms with Crippen LogP contribution in [0.2, 0.25) is 0 Å². The highest BCUT2D eigenvalue weighted by Crippen LogP contribution is 2.29. The van der Waals surface area contributed by atoms with Crippen LogP contribution in [0.1, 0.15) is 65.3 Å². The second-order valence-electron chi connectivity index (χ2n) is 11.7. The summed E-state index contributed by atoms with van der Waals surface area (Å²) in [5.41, 5.74) is 4.08. The molecule has 1 aliphatic heterocycles. The maximum absolute atomic E-state index is 13.8. The fraction of sp³-hybridized carbons (Fsp3) is 0.613. The number of ether oxygens (including phenoxy) is 3. The summed E-state index contributed by atoms with van der Waals surface area (Å²) >= 11 is 1.58. The zero-order chi connectivity index (χ0) is 31.7. The highest BCUT2D eigenvalue weighted by atomic mass is 32.1. The smallest absolute Gasteiger partial charge is 0.246 e. The fourth-order valence-electron chi connectivity index (χ4n) is 4.98. The second kappa shape index (κ2) is 15.7. The minimum Gasteiger partial charge on any atom is -0.391 e. The van der Waals surface area contributed by atoms with Crippen molar-refractivity contribution in [2.24, 2.45) is 5.41 Å². The SMILES string of the molecule is CCOC(COCC(=O)NC(C(=O)N1C[C@H](O)C[C@H]1C(=O)NC(C)c1ccc(-c2scnc2C)cc1)C(C)(C)C)OCC. The summed E-state index contributed by atoms with van der Waals surface area (Å²) in [6, 6.07) is 5.78. The molecule has 0 bridgehead atoms. The van der Waals surface area contributed by atoms with Gasteiger partial charge in [-0.15, -0.1) is 11.3 Å². The molecule has 11 nitrogen and oxygen atoms in total. The van der Waals surface area contributed by atoms with E-state index in [1.54, 1.807) is 11.3 Å². The van der Waals surface area contributed by atoms with Gasteiger partial charge in [0.2, 0.25) is 17.7 Å². The Morgan fingerprint density at radius 3 is 2.33 bits per heavy atom. The predicted molar refractivity (Wildman–Crippen MR) is 164 cm³/mol. The number of rotatable bonds is 14. The molecule has 3 rings (SSSR count). The van der Waals surface area contributed by atoms with E-state index < -0.39 is 41.7 Å². The summed E-state index contributed by atoms with van der Waals surface area (Å²) < 4.78 is 16.3. The van der Waals surface area contributed by atoms with Crippen molar-refractivity contribution in [3.05, 3.63) is 41.0 Å². The highest BCUT2D eigenvalue weighted by Gasteiger charge is 2.44. The van der Waals surface area contributed by atoms with Crippen LogP contribution < -0.4 is 10.6 Å². The van der Waals surface area contributed by atoms with Crippen LogP contribution in [0.25, 0.3) is 10.4 Å². The Morgan fingerprint density at radius 2 is 1.77 bits per heavy atom. The number of nitrogens with zero attached hydrogens (tertiary/aromatic N) is 2. The van der Waals surface area contributed by atoms with E-state index in [2.05, 4.69) is 15.6 Å². The molecule has 12 heteroatoms. The third-order valence-corrected chi connectivity index (χ3v) is 8.23. The van der Waals surface area contributed by atoms with Gasteiger partial charge in [-0.3, -0.25) is 14.4 Å². The molecule has 238 valence electrons. The molecule has 0 spiro atoms. The van der Waals surface area contributed by atoms with E-state index in [4.69, 9.17) is 14.2 Å². The van der Waals surface area contributed by atoms with Gasteiger partial charge >= 0.3 is 0 Å². The van der Waals surface area contributed by atoms with Gasteiger partial charge < -0.3 is 34.9 Å². The Morgan fingerprint density at radius 1 is 1.12 bits per heavy atom. The molecule has 1 aromatic carbocycles. The quantitative estimate of drug-likeness (QED) is 0.275. The molecule has 3 amide bonds. The third-order valence-electron chi connectivity index (χ3n) is 7.25. The highest BCUT2D eigenvalue weighted by molar-refractivity contribution is 7.13. The molecular weight excluding hydrogens is 572 g/mol. The van der Waals surface area contributed by atoms with Crippen molar-refractivity contribution in [3.63, 3.8) is 0 Å². The zero-order valence-electron chi connectivity index (χ0n) is 26.2.